The lowest BCUT2D eigenvalue weighted by Gasteiger charge is -2.38. The maximum absolute atomic E-state index is 12.1. The number of carbonyl (C=O) groups is 1. The summed E-state index contributed by atoms with van der Waals surface area (Å²) in [7, 11) is 1.50. The van der Waals surface area contributed by atoms with Crippen molar-refractivity contribution in [3.8, 4) is 0 Å². The third-order valence-electron chi connectivity index (χ3n) is 4.49. The molecule has 1 atom stereocenters. The smallest absolute Gasteiger partial charge is 0.326 e. The molecular weight excluding hydrogens is 214 g/mol. The Hall–Kier alpha value is -0.570. The molecule has 0 bridgehead atoms. The zero-order valence-electron chi connectivity index (χ0n) is 11.1. The van der Waals surface area contributed by atoms with E-state index in [1.165, 1.54) is 39.2 Å². The summed E-state index contributed by atoms with van der Waals surface area (Å²) in [6, 6.07) is 0. The Morgan fingerprint density at radius 2 is 1.88 bits per heavy atom. The third-order valence-corrected chi connectivity index (χ3v) is 4.49. The number of esters is 1. The standard InChI is InChI=1S/C14H25NO2/c1-14(13(16)17-2,15-10-11-8-9-11)12-6-4-3-5-7-12/h11-12,15H,3-10H2,1-2H3. The van der Waals surface area contributed by atoms with Crippen LogP contribution in [0.2, 0.25) is 0 Å². The first-order chi connectivity index (χ1) is 8.16. The maximum Gasteiger partial charge on any atom is 0.326 e. The monoisotopic (exact) mass is 239 g/mol. The van der Waals surface area contributed by atoms with Gasteiger partial charge in [0.2, 0.25) is 0 Å². The van der Waals surface area contributed by atoms with Gasteiger partial charge in [-0.15, -0.1) is 0 Å². The molecule has 0 radical (unpaired) electrons. The summed E-state index contributed by atoms with van der Waals surface area (Å²) < 4.78 is 5.02. The number of ether oxygens (including phenoxy) is 1. The zero-order valence-corrected chi connectivity index (χ0v) is 11.1. The SMILES string of the molecule is COC(=O)C(C)(NCC1CC1)C1CCCCC1. The highest BCUT2D eigenvalue weighted by Gasteiger charge is 2.43. The Bertz CT molecular complexity index is 269. The average molecular weight is 239 g/mol. The fourth-order valence-electron chi connectivity index (χ4n) is 2.95. The lowest BCUT2D eigenvalue weighted by Crippen LogP contribution is -2.56. The molecule has 0 amide bonds. The highest BCUT2D eigenvalue weighted by Crippen LogP contribution is 2.35. The molecule has 3 heteroatoms. The predicted octanol–water partition coefficient (Wildman–Crippen LogP) is 2.50. The predicted molar refractivity (Wildman–Crippen MR) is 67.7 cm³/mol. The Morgan fingerprint density at radius 3 is 2.41 bits per heavy atom. The summed E-state index contributed by atoms with van der Waals surface area (Å²) in [5.41, 5.74) is -0.461. The van der Waals surface area contributed by atoms with E-state index in [4.69, 9.17) is 4.74 Å². The van der Waals surface area contributed by atoms with Crippen molar-refractivity contribution in [1.29, 1.82) is 0 Å². The van der Waals surface area contributed by atoms with E-state index in [9.17, 15) is 4.79 Å². The topological polar surface area (TPSA) is 38.3 Å². The lowest BCUT2D eigenvalue weighted by molar-refractivity contribution is -0.151. The number of rotatable bonds is 5. The molecule has 0 saturated heterocycles. The second-order valence-electron chi connectivity index (χ2n) is 5.85. The second-order valence-corrected chi connectivity index (χ2v) is 5.85. The molecule has 2 aliphatic rings. The molecule has 0 spiro atoms. The van der Waals surface area contributed by atoms with Gasteiger partial charge in [0.1, 0.15) is 5.54 Å². The van der Waals surface area contributed by atoms with Crippen molar-refractivity contribution in [3.05, 3.63) is 0 Å². The summed E-state index contributed by atoms with van der Waals surface area (Å²) in [5, 5.41) is 3.50. The summed E-state index contributed by atoms with van der Waals surface area (Å²) in [5.74, 6) is 1.16. The number of nitrogens with one attached hydrogen (secondary N) is 1. The fourth-order valence-corrected chi connectivity index (χ4v) is 2.95. The molecule has 2 fully saturated rings. The van der Waals surface area contributed by atoms with Crippen LogP contribution in [0.1, 0.15) is 51.9 Å². The molecule has 3 nitrogen and oxygen atoms in total. The first-order valence-electron chi connectivity index (χ1n) is 7.00. The van der Waals surface area contributed by atoms with Crippen molar-refractivity contribution >= 4 is 5.97 Å². The van der Waals surface area contributed by atoms with Crippen molar-refractivity contribution in [3.63, 3.8) is 0 Å². The molecule has 2 saturated carbocycles. The summed E-state index contributed by atoms with van der Waals surface area (Å²) in [6.07, 6.45) is 8.76. The van der Waals surface area contributed by atoms with E-state index >= 15 is 0 Å². The molecular formula is C14H25NO2. The number of hydrogen-bond donors (Lipinski definition) is 1. The highest BCUT2D eigenvalue weighted by atomic mass is 16.5. The van der Waals surface area contributed by atoms with E-state index < -0.39 is 5.54 Å². The van der Waals surface area contributed by atoms with Crippen LogP contribution in [0, 0.1) is 11.8 Å². The Labute approximate surface area is 104 Å². The van der Waals surface area contributed by atoms with Crippen LogP contribution in [0.5, 0.6) is 0 Å². The van der Waals surface area contributed by atoms with Gasteiger partial charge in [-0.05, 0) is 51.0 Å². The van der Waals surface area contributed by atoms with Gasteiger partial charge < -0.3 is 10.1 Å². The number of methoxy groups -OCH3 is 1. The normalized spacial score (nSPS) is 25.3. The average Bonchev–Trinajstić information content (AvgIpc) is 3.20. The van der Waals surface area contributed by atoms with Crippen molar-refractivity contribution in [2.45, 2.75) is 57.4 Å². The molecule has 1 unspecified atom stereocenters. The van der Waals surface area contributed by atoms with E-state index in [-0.39, 0.29) is 5.97 Å². The van der Waals surface area contributed by atoms with Crippen LogP contribution < -0.4 is 5.32 Å². The van der Waals surface area contributed by atoms with Crippen LogP contribution in [-0.2, 0) is 9.53 Å². The minimum atomic E-state index is -0.461. The van der Waals surface area contributed by atoms with Gasteiger partial charge in [0.25, 0.3) is 0 Å². The second kappa shape index (κ2) is 5.38. The van der Waals surface area contributed by atoms with Crippen LogP contribution in [0.4, 0.5) is 0 Å². The number of carbonyl (C=O) groups excluding carboxylic acids is 1. The van der Waals surface area contributed by atoms with Crippen LogP contribution >= 0.6 is 0 Å². The van der Waals surface area contributed by atoms with Crippen LogP contribution in [0.15, 0.2) is 0 Å². The third kappa shape index (κ3) is 3.01. The van der Waals surface area contributed by atoms with E-state index in [0.717, 1.165) is 25.3 Å². The molecule has 0 aromatic rings. The molecule has 2 aliphatic carbocycles. The van der Waals surface area contributed by atoms with E-state index in [1.54, 1.807) is 0 Å². The van der Waals surface area contributed by atoms with Crippen molar-refractivity contribution in [2.24, 2.45) is 11.8 Å². The van der Waals surface area contributed by atoms with E-state index in [2.05, 4.69) is 5.32 Å². The minimum Gasteiger partial charge on any atom is -0.468 e. The first-order valence-corrected chi connectivity index (χ1v) is 7.00. The Morgan fingerprint density at radius 1 is 1.24 bits per heavy atom. The van der Waals surface area contributed by atoms with Gasteiger partial charge in [-0.1, -0.05) is 19.3 Å². The van der Waals surface area contributed by atoms with Crippen molar-refractivity contribution in [2.75, 3.05) is 13.7 Å². The van der Waals surface area contributed by atoms with Crippen LogP contribution in [0.3, 0.4) is 0 Å². The fraction of sp³-hybridized carbons (Fsp3) is 0.929. The maximum atomic E-state index is 12.1. The van der Waals surface area contributed by atoms with Gasteiger partial charge in [0.15, 0.2) is 0 Å². The molecule has 0 heterocycles. The summed E-state index contributed by atoms with van der Waals surface area (Å²) >= 11 is 0. The lowest BCUT2D eigenvalue weighted by atomic mass is 9.75. The van der Waals surface area contributed by atoms with Crippen molar-refractivity contribution in [1.82, 2.24) is 5.32 Å². The Kier molecular flexibility index (Phi) is 4.08. The number of hydrogen-bond acceptors (Lipinski definition) is 3. The van der Waals surface area contributed by atoms with Gasteiger partial charge >= 0.3 is 5.97 Å². The van der Waals surface area contributed by atoms with Crippen LogP contribution in [-0.4, -0.2) is 25.2 Å². The van der Waals surface area contributed by atoms with Gasteiger partial charge in [-0.2, -0.15) is 0 Å². The largest absolute Gasteiger partial charge is 0.468 e. The molecule has 0 aromatic heterocycles. The van der Waals surface area contributed by atoms with Gasteiger partial charge in [-0.25, -0.2) is 0 Å². The highest BCUT2D eigenvalue weighted by molar-refractivity contribution is 5.80. The van der Waals surface area contributed by atoms with Gasteiger partial charge in [0.05, 0.1) is 7.11 Å². The Balaban J connectivity index is 2.00. The molecule has 0 aromatic carbocycles. The zero-order chi connectivity index (χ0) is 12.3. The molecule has 17 heavy (non-hydrogen) atoms. The minimum absolute atomic E-state index is 0.0787. The first kappa shape index (κ1) is 12.9. The van der Waals surface area contributed by atoms with Crippen LogP contribution in [0.25, 0.3) is 0 Å². The van der Waals surface area contributed by atoms with Crippen molar-refractivity contribution < 1.29 is 9.53 Å². The molecule has 2 rings (SSSR count). The molecule has 98 valence electrons. The van der Waals surface area contributed by atoms with E-state index in [1.807, 2.05) is 6.92 Å². The van der Waals surface area contributed by atoms with Gasteiger partial charge in [-0.3, -0.25) is 4.79 Å². The quantitative estimate of drug-likeness (QED) is 0.749. The summed E-state index contributed by atoms with van der Waals surface area (Å²) in [4.78, 5) is 12.1. The van der Waals surface area contributed by atoms with Gasteiger partial charge in [0, 0.05) is 0 Å². The molecule has 1 N–H and O–H groups in total. The molecule has 0 aliphatic heterocycles. The van der Waals surface area contributed by atoms with E-state index in [0.29, 0.717) is 5.92 Å². The summed E-state index contributed by atoms with van der Waals surface area (Å²) in [6.45, 7) is 3.01.